The molecular formula is C19H25ClN2O3. The van der Waals surface area contributed by atoms with Gasteiger partial charge in [0.2, 0.25) is 0 Å². The molecule has 1 aromatic carbocycles. The van der Waals surface area contributed by atoms with E-state index in [2.05, 4.69) is 10.2 Å². The Morgan fingerprint density at radius 1 is 1.20 bits per heavy atom. The number of nitrogens with one attached hydrogen (secondary N) is 1. The maximum atomic E-state index is 12.4. The molecule has 2 heterocycles. The fourth-order valence-electron chi connectivity index (χ4n) is 3.13. The van der Waals surface area contributed by atoms with Crippen LogP contribution in [0.2, 0.25) is 0 Å². The van der Waals surface area contributed by atoms with Gasteiger partial charge in [0.15, 0.2) is 0 Å². The summed E-state index contributed by atoms with van der Waals surface area (Å²) in [5.74, 6) is 2.48. The van der Waals surface area contributed by atoms with Crippen molar-refractivity contribution in [2.75, 3.05) is 26.7 Å². The van der Waals surface area contributed by atoms with Gasteiger partial charge in [0.05, 0.1) is 13.2 Å². The minimum atomic E-state index is -0.0786. The third-order valence-electron chi connectivity index (χ3n) is 4.48. The van der Waals surface area contributed by atoms with E-state index >= 15 is 0 Å². The number of halogens is 1. The molecule has 1 saturated heterocycles. The molecule has 6 heteroatoms. The van der Waals surface area contributed by atoms with Gasteiger partial charge >= 0.3 is 0 Å². The largest absolute Gasteiger partial charge is 0.497 e. The summed E-state index contributed by atoms with van der Waals surface area (Å²) in [5, 5.41) is 3.04. The maximum Gasteiger partial charge on any atom is 0.251 e. The van der Waals surface area contributed by atoms with Gasteiger partial charge in [-0.15, -0.1) is 12.4 Å². The molecule has 136 valence electrons. The van der Waals surface area contributed by atoms with Crippen molar-refractivity contribution in [3.05, 3.63) is 53.5 Å². The summed E-state index contributed by atoms with van der Waals surface area (Å²) < 4.78 is 10.9. The molecule has 1 amide bonds. The summed E-state index contributed by atoms with van der Waals surface area (Å²) in [6.45, 7) is 4.57. The van der Waals surface area contributed by atoms with Gasteiger partial charge in [0, 0.05) is 12.1 Å². The maximum absolute atomic E-state index is 12.4. The zero-order chi connectivity index (χ0) is 16.9. The van der Waals surface area contributed by atoms with Gasteiger partial charge in [-0.2, -0.15) is 0 Å². The average molecular weight is 365 g/mol. The molecule has 0 saturated carbocycles. The molecule has 0 spiro atoms. The highest BCUT2D eigenvalue weighted by atomic mass is 35.5. The summed E-state index contributed by atoms with van der Waals surface area (Å²) in [4.78, 5) is 14.8. The molecule has 0 aliphatic carbocycles. The van der Waals surface area contributed by atoms with Crippen LogP contribution in [0.1, 0.15) is 40.8 Å². The molecule has 0 bridgehead atoms. The van der Waals surface area contributed by atoms with E-state index in [1.807, 2.05) is 19.1 Å². The van der Waals surface area contributed by atoms with Gasteiger partial charge in [-0.05, 0) is 69.3 Å². The number of rotatable bonds is 6. The van der Waals surface area contributed by atoms with Crippen LogP contribution in [0.3, 0.4) is 0 Å². The van der Waals surface area contributed by atoms with Crippen LogP contribution in [0.4, 0.5) is 0 Å². The molecule has 0 radical (unpaired) electrons. The second kappa shape index (κ2) is 8.92. The van der Waals surface area contributed by atoms with E-state index in [1.165, 1.54) is 12.8 Å². The molecule has 1 N–H and O–H groups in total. The zero-order valence-electron chi connectivity index (χ0n) is 14.7. The normalized spacial score (nSPS) is 15.4. The second-order valence-corrected chi connectivity index (χ2v) is 6.15. The highest BCUT2D eigenvalue weighted by molar-refractivity contribution is 5.94. The van der Waals surface area contributed by atoms with E-state index in [9.17, 15) is 4.79 Å². The number of methoxy groups -OCH3 is 1. The van der Waals surface area contributed by atoms with E-state index in [1.54, 1.807) is 31.4 Å². The lowest BCUT2D eigenvalue weighted by Crippen LogP contribution is -2.36. The van der Waals surface area contributed by atoms with Crippen molar-refractivity contribution in [1.29, 1.82) is 0 Å². The first-order valence-electron chi connectivity index (χ1n) is 8.40. The number of ether oxygens (including phenoxy) is 1. The van der Waals surface area contributed by atoms with E-state index in [4.69, 9.17) is 9.15 Å². The SMILES string of the molecule is COc1ccc(C(=O)NCC(c2ccc(C)o2)N2CCCC2)cc1.Cl. The zero-order valence-corrected chi connectivity index (χ0v) is 15.5. The van der Waals surface area contributed by atoms with Crippen LogP contribution >= 0.6 is 12.4 Å². The fraction of sp³-hybridized carbons (Fsp3) is 0.421. The molecule has 1 aromatic heterocycles. The summed E-state index contributed by atoms with van der Waals surface area (Å²) in [6.07, 6.45) is 2.39. The standard InChI is InChI=1S/C19H24N2O3.ClH/c1-14-5-10-18(24-14)17(21-11-3-4-12-21)13-20-19(22)15-6-8-16(23-2)9-7-15;/h5-10,17H,3-4,11-13H2,1-2H3,(H,20,22);1H. The Bertz CT molecular complexity index is 678. The fourth-order valence-corrected chi connectivity index (χ4v) is 3.13. The Morgan fingerprint density at radius 2 is 1.88 bits per heavy atom. The third-order valence-corrected chi connectivity index (χ3v) is 4.48. The number of carbonyl (C=O) groups excluding carboxylic acids is 1. The van der Waals surface area contributed by atoms with Gasteiger partial charge in [-0.25, -0.2) is 0 Å². The van der Waals surface area contributed by atoms with Crippen molar-refractivity contribution in [3.8, 4) is 5.75 Å². The summed E-state index contributed by atoms with van der Waals surface area (Å²) >= 11 is 0. The minimum absolute atomic E-state index is 0. The van der Waals surface area contributed by atoms with Gasteiger partial charge in [0.1, 0.15) is 17.3 Å². The number of amides is 1. The topological polar surface area (TPSA) is 54.7 Å². The number of hydrogen-bond donors (Lipinski definition) is 1. The lowest BCUT2D eigenvalue weighted by Gasteiger charge is -2.26. The minimum Gasteiger partial charge on any atom is -0.497 e. The van der Waals surface area contributed by atoms with Gasteiger partial charge in [0.25, 0.3) is 5.91 Å². The summed E-state index contributed by atoms with van der Waals surface area (Å²) in [7, 11) is 1.61. The van der Waals surface area contributed by atoms with Crippen LogP contribution in [0.5, 0.6) is 5.75 Å². The molecule has 5 nitrogen and oxygen atoms in total. The van der Waals surface area contributed by atoms with E-state index in [-0.39, 0.29) is 24.4 Å². The Morgan fingerprint density at radius 3 is 2.44 bits per heavy atom. The van der Waals surface area contributed by atoms with Crippen LogP contribution in [0.25, 0.3) is 0 Å². The molecular weight excluding hydrogens is 340 g/mol. The Kier molecular flexibility index (Phi) is 6.91. The predicted molar refractivity (Wildman–Crippen MR) is 99.6 cm³/mol. The summed E-state index contributed by atoms with van der Waals surface area (Å²) in [5.41, 5.74) is 0.631. The lowest BCUT2D eigenvalue weighted by atomic mass is 10.1. The van der Waals surface area contributed by atoms with Crippen molar-refractivity contribution in [1.82, 2.24) is 10.2 Å². The second-order valence-electron chi connectivity index (χ2n) is 6.15. The number of nitrogens with zero attached hydrogens (tertiary/aromatic N) is 1. The molecule has 25 heavy (non-hydrogen) atoms. The number of carbonyl (C=O) groups is 1. The molecule has 1 aliphatic rings. The Labute approximate surface area is 154 Å². The number of likely N-dealkylation sites (tertiary alicyclic amines) is 1. The number of furan rings is 1. The molecule has 1 unspecified atom stereocenters. The van der Waals surface area contributed by atoms with Crippen molar-refractivity contribution in [2.24, 2.45) is 0 Å². The number of benzene rings is 1. The van der Waals surface area contributed by atoms with E-state index in [0.29, 0.717) is 12.1 Å². The monoisotopic (exact) mass is 364 g/mol. The quantitative estimate of drug-likeness (QED) is 0.851. The van der Waals surface area contributed by atoms with E-state index < -0.39 is 0 Å². The first-order valence-corrected chi connectivity index (χ1v) is 8.40. The van der Waals surface area contributed by atoms with Crippen LogP contribution in [0, 0.1) is 6.92 Å². The van der Waals surface area contributed by atoms with Crippen molar-refractivity contribution in [3.63, 3.8) is 0 Å². The Hall–Kier alpha value is -1.98. The van der Waals surface area contributed by atoms with Crippen molar-refractivity contribution >= 4 is 18.3 Å². The molecule has 2 aromatic rings. The summed E-state index contributed by atoms with van der Waals surface area (Å²) in [6, 6.07) is 11.2. The Balaban J connectivity index is 0.00000225. The molecule has 3 rings (SSSR count). The van der Waals surface area contributed by atoms with Crippen LogP contribution in [-0.2, 0) is 0 Å². The highest BCUT2D eigenvalue weighted by Gasteiger charge is 2.26. The average Bonchev–Trinajstić information content (AvgIpc) is 3.27. The predicted octanol–water partition coefficient (Wildman–Crippen LogP) is 3.59. The first kappa shape index (κ1) is 19.3. The number of aryl methyl sites for hydroxylation is 1. The lowest BCUT2D eigenvalue weighted by molar-refractivity contribution is 0.0933. The number of hydrogen-bond acceptors (Lipinski definition) is 4. The molecule has 1 atom stereocenters. The first-order chi connectivity index (χ1) is 11.7. The van der Waals surface area contributed by atoms with Crippen LogP contribution < -0.4 is 10.1 Å². The van der Waals surface area contributed by atoms with Crippen molar-refractivity contribution in [2.45, 2.75) is 25.8 Å². The van der Waals surface area contributed by atoms with Crippen LogP contribution in [0.15, 0.2) is 40.8 Å². The highest BCUT2D eigenvalue weighted by Crippen LogP contribution is 2.26. The van der Waals surface area contributed by atoms with Gasteiger partial charge < -0.3 is 14.5 Å². The van der Waals surface area contributed by atoms with Crippen molar-refractivity contribution < 1.29 is 13.9 Å². The smallest absolute Gasteiger partial charge is 0.251 e. The van der Waals surface area contributed by atoms with Gasteiger partial charge in [-0.3, -0.25) is 9.69 Å². The third kappa shape index (κ3) is 4.77. The molecule has 1 aliphatic heterocycles. The van der Waals surface area contributed by atoms with Crippen LogP contribution in [-0.4, -0.2) is 37.6 Å². The van der Waals surface area contributed by atoms with E-state index in [0.717, 1.165) is 30.4 Å². The molecule has 1 fully saturated rings. The van der Waals surface area contributed by atoms with Gasteiger partial charge in [-0.1, -0.05) is 0 Å².